The largest absolute Gasteiger partial charge is 0.318 e. The molecule has 1 aliphatic heterocycles. The Hall–Kier alpha value is -3.07. The summed E-state index contributed by atoms with van der Waals surface area (Å²) in [5.74, 6) is -0.484. The van der Waals surface area contributed by atoms with Gasteiger partial charge in [0.2, 0.25) is 0 Å². The lowest BCUT2D eigenvalue weighted by atomic mass is 10.1. The number of para-hydroxylation sites is 1. The Balaban J connectivity index is 1.65. The van der Waals surface area contributed by atoms with Crippen molar-refractivity contribution in [1.82, 2.24) is 9.47 Å². The Morgan fingerprint density at radius 1 is 1.06 bits per heavy atom. The minimum Gasteiger partial charge on any atom is -0.318 e. The van der Waals surface area contributed by atoms with Gasteiger partial charge >= 0.3 is 0 Å². The van der Waals surface area contributed by atoms with Crippen LogP contribution >= 0.6 is 35.0 Å². The van der Waals surface area contributed by atoms with Crippen LogP contribution in [-0.2, 0) is 11.3 Å². The molecule has 33 heavy (non-hydrogen) atoms. The molecule has 1 saturated heterocycles. The Labute approximate surface area is 203 Å². The third kappa shape index (κ3) is 4.42. The molecular weight excluding hydrogens is 485 g/mol. The lowest BCUT2D eigenvalue weighted by molar-refractivity contribution is -0.385. The average molecular weight is 502 g/mol. The molecule has 1 fully saturated rings. The van der Waals surface area contributed by atoms with Crippen molar-refractivity contribution in [3.8, 4) is 5.69 Å². The molecule has 2 heterocycles. The second kappa shape index (κ2) is 9.05. The van der Waals surface area contributed by atoms with Crippen molar-refractivity contribution >= 4 is 57.9 Å². The van der Waals surface area contributed by atoms with Gasteiger partial charge in [0, 0.05) is 28.7 Å². The SMILES string of the molecule is Cc1cc(/C=C2\SC(=O)N(Cc3ccccc3[N+](=O)[O-])C2=O)c(C)n1-c1ccc(Cl)c(Cl)c1. The summed E-state index contributed by atoms with van der Waals surface area (Å²) in [6, 6.07) is 13.3. The number of hydrogen-bond acceptors (Lipinski definition) is 5. The van der Waals surface area contributed by atoms with Gasteiger partial charge < -0.3 is 4.57 Å². The topological polar surface area (TPSA) is 85.5 Å². The van der Waals surface area contributed by atoms with Gasteiger partial charge in [-0.3, -0.25) is 24.6 Å². The Morgan fingerprint density at radius 3 is 2.48 bits per heavy atom. The van der Waals surface area contributed by atoms with Gasteiger partial charge in [-0.15, -0.1) is 0 Å². The van der Waals surface area contributed by atoms with Crippen LogP contribution in [0.3, 0.4) is 0 Å². The molecule has 0 atom stereocenters. The number of benzene rings is 2. The van der Waals surface area contributed by atoms with Gasteiger partial charge in [0.15, 0.2) is 0 Å². The van der Waals surface area contributed by atoms with Crippen molar-refractivity contribution in [2.24, 2.45) is 0 Å². The molecule has 2 aromatic carbocycles. The van der Waals surface area contributed by atoms with Gasteiger partial charge in [0.25, 0.3) is 16.8 Å². The third-order valence-corrected chi connectivity index (χ3v) is 6.96. The molecule has 0 aliphatic carbocycles. The van der Waals surface area contributed by atoms with Gasteiger partial charge in [0.1, 0.15) is 0 Å². The number of imide groups is 1. The van der Waals surface area contributed by atoms with Crippen LogP contribution in [0.4, 0.5) is 10.5 Å². The minimum atomic E-state index is -0.526. The van der Waals surface area contributed by atoms with Crippen molar-refractivity contribution < 1.29 is 14.5 Å². The van der Waals surface area contributed by atoms with Crippen molar-refractivity contribution in [2.75, 3.05) is 0 Å². The maximum absolute atomic E-state index is 13.0. The molecule has 4 rings (SSSR count). The number of thioether (sulfide) groups is 1. The van der Waals surface area contributed by atoms with Gasteiger partial charge in [-0.2, -0.15) is 0 Å². The van der Waals surface area contributed by atoms with Crippen LogP contribution < -0.4 is 0 Å². The second-order valence-electron chi connectivity index (χ2n) is 7.41. The molecule has 0 spiro atoms. The molecule has 0 N–H and O–H groups in total. The van der Waals surface area contributed by atoms with Crippen LogP contribution in [0.1, 0.15) is 22.5 Å². The molecule has 0 unspecified atom stereocenters. The Bertz CT molecular complexity index is 1350. The molecule has 1 aliphatic rings. The first kappa shape index (κ1) is 23.1. The standard InChI is InChI=1S/C23H17Cl2N3O4S/c1-13-9-16(14(2)27(13)17-7-8-18(24)19(25)11-17)10-21-22(29)26(23(30)33-21)12-15-5-3-4-6-20(15)28(31)32/h3-11H,12H2,1-2H3/b21-10-. The highest BCUT2D eigenvalue weighted by Gasteiger charge is 2.36. The van der Waals surface area contributed by atoms with Crippen LogP contribution in [0.25, 0.3) is 11.8 Å². The van der Waals surface area contributed by atoms with E-state index in [0.717, 1.165) is 39.3 Å². The zero-order chi connectivity index (χ0) is 23.9. The predicted octanol–water partition coefficient (Wildman–Crippen LogP) is 6.55. The summed E-state index contributed by atoms with van der Waals surface area (Å²) in [5.41, 5.74) is 3.53. The fourth-order valence-corrected chi connectivity index (χ4v) is 4.85. The number of nitro groups is 1. The van der Waals surface area contributed by atoms with E-state index < -0.39 is 16.1 Å². The van der Waals surface area contributed by atoms with E-state index in [2.05, 4.69) is 0 Å². The first-order chi connectivity index (χ1) is 15.7. The number of nitrogens with zero attached hydrogens (tertiary/aromatic N) is 3. The van der Waals surface area contributed by atoms with E-state index in [-0.39, 0.29) is 17.1 Å². The third-order valence-electron chi connectivity index (χ3n) is 5.31. The smallest absolute Gasteiger partial charge is 0.293 e. The molecule has 3 aromatic rings. The molecule has 2 amide bonds. The first-order valence-electron chi connectivity index (χ1n) is 9.79. The average Bonchev–Trinajstić information content (AvgIpc) is 3.19. The van der Waals surface area contributed by atoms with E-state index in [0.29, 0.717) is 15.6 Å². The van der Waals surface area contributed by atoms with Crippen molar-refractivity contribution in [2.45, 2.75) is 20.4 Å². The highest BCUT2D eigenvalue weighted by atomic mass is 35.5. The van der Waals surface area contributed by atoms with E-state index >= 15 is 0 Å². The van der Waals surface area contributed by atoms with Gasteiger partial charge in [0.05, 0.1) is 26.4 Å². The van der Waals surface area contributed by atoms with Gasteiger partial charge in [-0.05, 0) is 61.5 Å². The highest BCUT2D eigenvalue weighted by molar-refractivity contribution is 8.18. The lowest BCUT2D eigenvalue weighted by Gasteiger charge is -2.12. The first-order valence-corrected chi connectivity index (χ1v) is 11.4. The van der Waals surface area contributed by atoms with Crippen molar-refractivity contribution in [1.29, 1.82) is 0 Å². The van der Waals surface area contributed by atoms with E-state index in [9.17, 15) is 19.7 Å². The molecule has 168 valence electrons. The second-order valence-corrected chi connectivity index (χ2v) is 9.22. The normalized spacial score (nSPS) is 15.0. The Morgan fingerprint density at radius 2 is 1.79 bits per heavy atom. The summed E-state index contributed by atoms with van der Waals surface area (Å²) in [5, 5.41) is 11.7. The fourth-order valence-electron chi connectivity index (χ4n) is 3.73. The highest BCUT2D eigenvalue weighted by Crippen LogP contribution is 2.36. The zero-order valence-electron chi connectivity index (χ0n) is 17.5. The van der Waals surface area contributed by atoms with Crippen LogP contribution in [0.15, 0.2) is 53.4 Å². The maximum atomic E-state index is 13.0. The summed E-state index contributed by atoms with van der Waals surface area (Å²) in [7, 11) is 0. The van der Waals surface area contributed by atoms with E-state index in [4.69, 9.17) is 23.2 Å². The molecule has 0 radical (unpaired) electrons. The predicted molar refractivity (Wildman–Crippen MR) is 130 cm³/mol. The number of aryl methyl sites for hydroxylation is 1. The number of carbonyl (C=O) groups is 2. The van der Waals surface area contributed by atoms with Crippen LogP contribution in [0.5, 0.6) is 0 Å². The van der Waals surface area contributed by atoms with E-state index in [1.807, 2.05) is 30.5 Å². The fraction of sp³-hybridized carbons (Fsp3) is 0.130. The summed E-state index contributed by atoms with van der Waals surface area (Å²) < 4.78 is 1.98. The van der Waals surface area contributed by atoms with E-state index in [1.54, 1.807) is 30.3 Å². The minimum absolute atomic E-state index is 0.134. The molecule has 7 nitrogen and oxygen atoms in total. The Kier molecular flexibility index (Phi) is 6.34. The number of rotatable bonds is 5. The number of halogens is 2. The van der Waals surface area contributed by atoms with Crippen LogP contribution in [0, 0.1) is 24.0 Å². The molecular formula is C23H17Cl2N3O4S. The molecule has 0 saturated carbocycles. The number of amides is 2. The van der Waals surface area contributed by atoms with Crippen LogP contribution in [-0.4, -0.2) is 25.5 Å². The maximum Gasteiger partial charge on any atom is 0.293 e. The zero-order valence-corrected chi connectivity index (χ0v) is 19.9. The quantitative estimate of drug-likeness (QED) is 0.225. The van der Waals surface area contributed by atoms with Crippen LogP contribution in [0.2, 0.25) is 10.0 Å². The summed E-state index contributed by atoms with van der Waals surface area (Å²) in [4.78, 5) is 37.5. The molecule has 10 heteroatoms. The summed E-state index contributed by atoms with van der Waals surface area (Å²) in [6.45, 7) is 3.66. The number of aromatic nitrogens is 1. The number of hydrogen-bond donors (Lipinski definition) is 0. The molecule has 1 aromatic heterocycles. The van der Waals surface area contributed by atoms with Crippen molar-refractivity contribution in [3.05, 3.63) is 96.1 Å². The summed E-state index contributed by atoms with van der Waals surface area (Å²) in [6.07, 6.45) is 1.67. The lowest BCUT2D eigenvalue weighted by Crippen LogP contribution is -2.27. The number of carbonyl (C=O) groups excluding carboxylic acids is 2. The van der Waals surface area contributed by atoms with Gasteiger partial charge in [-0.25, -0.2) is 0 Å². The summed E-state index contributed by atoms with van der Waals surface area (Å²) >= 11 is 13.0. The number of nitro benzene ring substituents is 1. The van der Waals surface area contributed by atoms with Crippen molar-refractivity contribution in [3.63, 3.8) is 0 Å². The molecule has 0 bridgehead atoms. The van der Waals surface area contributed by atoms with E-state index in [1.165, 1.54) is 12.1 Å². The monoisotopic (exact) mass is 501 g/mol. The van der Waals surface area contributed by atoms with Gasteiger partial charge in [-0.1, -0.05) is 41.4 Å².